The lowest BCUT2D eigenvalue weighted by atomic mass is 9.71. The maximum Gasteiger partial charge on any atom is 0.451 e. The van der Waals surface area contributed by atoms with E-state index in [0.29, 0.717) is 18.4 Å². The lowest BCUT2D eigenvalue weighted by Gasteiger charge is -2.30. The van der Waals surface area contributed by atoms with Crippen molar-refractivity contribution in [2.24, 2.45) is 0 Å². The molecule has 1 heterocycles. The quantitative estimate of drug-likeness (QED) is 0.774. The van der Waals surface area contributed by atoms with E-state index in [1.165, 1.54) is 0 Å². The second-order valence-electron chi connectivity index (χ2n) is 4.55. The first-order valence-electron chi connectivity index (χ1n) is 5.79. The van der Waals surface area contributed by atoms with Crippen molar-refractivity contribution in [1.82, 2.24) is 9.97 Å². The summed E-state index contributed by atoms with van der Waals surface area (Å²) < 4.78 is 37.0. The standard InChI is InChI=1S/C12H12F3N3/c13-12(14,15)10-17-6-9(7-18-10)11(8-16)4-2-1-3-5-11/h6-7H,1-5H2. The number of aromatic nitrogens is 2. The second kappa shape index (κ2) is 4.56. The number of nitriles is 1. The lowest BCUT2D eigenvalue weighted by Crippen LogP contribution is -2.28. The monoisotopic (exact) mass is 255 g/mol. The fourth-order valence-corrected chi connectivity index (χ4v) is 2.34. The molecule has 1 saturated carbocycles. The second-order valence-corrected chi connectivity index (χ2v) is 4.55. The van der Waals surface area contributed by atoms with Crippen LogP contribution in [-0.2, 0) is 11.6 Å². The Morgan fingerprint density at radius 3 is 2.11 bits per heavy atom. The molecule has 0 amide bonds. The van der Waals surface area contributed by atoms with Gasteiger partial charge in [-0.15, -0.1) is 0 Å². The minimum absolute atomic E-state index is 0.498. The average molecular weight is 255 g/mol. The largest absolute Gasteiger partial charge is 0.451 e. The summed E-state index contributed by atoms with van der Waals surface area (Å²) in [6, 6.07) is 2.23. The van der Waals surface area contributed by atoms with Crippen molar-refractivity contribution >= 4 is 0 Å². The number of halogens is 3. The van der Waals surface area contributed by atoms with E-state index in [1.54, 1.807) is 0 Å². The Morgan fingerprint density at radius 1 is 1.11 bits per heavy atom. The summed E-state index contributed by atoms with van der Waals surface area (Å²) in [6.07, 6.45) is 1.96. The van der Waals surface area contributed by atoms with Gasteiger partial charge in [-0.05, 0) is 12.8 Å². The van der Waals surface area contributed by atoms with Gasteiger partial charge < -0.3 is 0 Å². The van der Waals surface area contributed by atoms with Crippen LogP contribution in [0.5, 0.6) is 0 Å². The van der Waals surface area contributed by atoms with Gasteiger partial charge >= 0.3 is 6.18 Å². The predicted molar refractivity (Wildman–Crippen MR) is 57.4 cm³/mol. The van der Waals surface area contributed by atoms with Gasteiger partial charge in [-0.1, -0.05) is 19.3 Å². The van der Waals surface area contributed by atoms with Crippen molar-refractivity contribution in [3.05, 3.63) is 23.8 Å². The van der Waals surface area contributed by atoms with Gasteiger partial charge in [-0.25, -0.2) is 9.97 Å². The van der Waals surface area contributed by atoms with E-state index in [1.807, 2.05) is 0 Å². The van der Waals surface area contributed by atoms with Gasteiger partial charge in [0, 0.05) is 18.0 Å². The fourth-order valence-electron chi connectivity index (χ4n) is 2.34. The molecule has 96 valence electrons. The van der Waals surface area contributed by atoms with E-state index >= 15 is 0 Å². The van der Waals surface area contributed by atoms with Gasteiger partial charge in [-0.3, -0.25) is 0 Å². The van der Waals surface area contributed by atoms with Gasteiger partial charge in [0.2, 0.25) is 5.82 Å². The minimum Gasteiger partial charge on any atom is -0.233 e. The van der Waals surface area contributed by atoms with Crippen molar-refractivity contribution in [3.8, 4) is 6.07 Å². The molecule has 0 radical (unpaired) electrons. The van der Waals surface area contributed by atoms with Gasteiger partial charge in [0.25, 0.3) is 0 Å². The van der Waals surface area contributed by atoms with Crippen molar-refractivity contribution in [2.45, 2.75) is 43.7 Å². The van der Waals surface area contributed by atoms with E-state index in [4.69, 9.17) is 0 Å². The number of rotatable bonds is 1. The number of hydrogen-bond donors (Lipinski definition) is 0. The van der Waals surface area contributed by atoms with Gasteiger partial charge in [0.05, 0.1) is 11.5 Å². The minimum atomic E-state index is -4.54. The molecule has 0 N–H and O–H groups in total. The van der Waals surface area contributed by atoms with Crippen molar-refractivity contribution in [1.29, 1.82) is 5.26 Å². The summed E-state index contributed by atoms with van der Waals surface area (Å²) in [7, 11) is 0. The van der Waals surface area contributed by atoms with Crippen molar-refractivity contribution < 1.29 is 13.2 Å². The molecule has 0 atom stereocenters. The van der Waals surface area contributed by atoms with E-state index in [0.717, 1.165) is 31.7 Å². The fraction of sp³-hybridized carbons (Fsp3) is 0.583. The van der Waals surface area contributed by atoms with Gasteiger partial charge in [0.1, 0.15) is 0 Å². The van der Waals surface area contributed by atoms with Crippen LogP contribution in [0, 0.1) is 11.3 Å². The topological polar surface area (TPSA) is 49.6 Å². The first-order valence-corrected chi connectivity index (χ1v) is 5.79. The molecule has 0 aromatic carbocycles. The molecular weight excluding hydrogens is 243 g/mol. The molecule has 0 spiro atoms. The smallest absolute Gasteiger partial charge is 0.233 e. The summed E-state index contributed by atoms with van der Waals surface area (Å²) in [4.78, 5) is 6.66. The Morgan fingerprint density at radius 2 is 1.67 bits per heavy atom. The molecule has 0 unspecified atom stereocenters. The Labute approximate surface area is 103 Å². The first-order chi connectivity index (χ1) is 8.48. The highest BCUT2D eigenvalue weighted by Crippen LogP contribution is 2.38. The Kier molecular flexibility index (Phi) is 3.24. The van der Waals surface area contributed by atoms with E-state index in [2.05, 4.69) is 16.0 Å². The summed E-state index contributed by atoms with van der Waals surface area (Å²) in [5.41, 5.74) is -0.208. The maximum absolute atomic E-state index is 12.3. The van der Waals surface area contributed by atoms with Crippen LogP contribution in [0.4, 0.5) is 13.2 Å². The zero-order valence-electron chi connectivity index (χ0n) is 9.67. The molecule has 3 nitrogen and oxygen atoms in total. The molecule has 1 aromatic rings. The van der Waals surface area contributed by atoms with Crippen LogP contribution in [0.25, 0.3) is 0 Å². The van der Waals surface area contributed by atoms with E-state index in [9.17, 15) is 18.4 Å². The summed E-state index contributed by atoms with van der Waals surface area (Å²) in [5.74, 6) is -1.16. The molecule has 1 fully saturated rings. The normalized spacial score (nSPS) is 19.2. The highest BCUT2D eigenvalue weighted by atomic mass is 19.4. The van der Waals surface area contributed by atoms with Crippen LogP contribution in [-0.4, -0.2) is 9.97 Å². The highest BCUT2D eigenvalue weighted by Gasteiger charge is 2.37. The van der Waals surface area contributed by atoms with Crippen LogP contribution in [0.2, 0.25) is 0 Å². The Hall–Kier alpha value is -1.64. The SMILES string of the molecule is N#CC1(c2cnc(C(F)(F)F)nc2)CCCCC1. The van der Waals surface area contributed by atoms with Crippen LogP contribution in [0.3, 0.4) is 0 Å². The Bertz CT molecular complexity index is 453. The molecule has 0 bridgehead atoms. The molecule has 0 saturated heterocycles. The predicted octanol–water partition coefficient (Wildman–Crippen LogP) is 3.22. The molecule has 0 aliphatic heterocycles. The number of alkyl halides is 3. The maximum atomic E-state index is 12.3. The van der Waals surface area contributed by atoms with E-state index in [-0.39, 0.29) is 0 Å². The molecule has 2 rings (SSSR count). The highest BCUT2D eigenvalue weighted by molar-refractivity contribution is 5.29. The molecule has 1 aromatic heterocycles. The number of hydrogen-bond acceptors (Lipinski definition) is 3. The van der Waals surface area contributed by atoms with E-state index < -0.39 is 17.4 Å². The molecule has 18 heavy (non-hydrogen) atoms. The molecule has 1 aliphatic carbocycles. The third-order valence-electron chi connectivity index (χ3n) is 3.38. The van der Waals surface area contributed by atoms with Crippen molar-refractivity contribution in [2.75, 3.05) is 0 Å². The van der Waals surface area contributed by atoms with Crippen LogP contribution >= 0.6 is 0 Å². The molecule has 6 heteroatoms. The summed E-state index contributed by atoms with van der Waals surface area (Å²) in [5, 5.41) is 9.30. The van der Waals surface area contributed by atoms with Crippen LogP contribution < -0.4 is 0 Å². The first kappa shape index (κ1) is 12.8. The average Bonchev–Trinajstić information content (AvgIpc) is 2.39. The zero-order valence-corrected chi connectivity index (χ0v) is 9.67. The number of nitrogens with zero attached hydrogens (tertiary/aromatic N) is 3. The van der Waals surface area contributed by atoms with Crippen LogP contribution in [0.15, 0.2) is 12.4 Å². The van der Waals surface area contributed by atoms with Crippen LogP contribution in [0.1, 0.15) is 43.5 Å². The molecular formula is C12H12F3N3. The van der Waals surface area contributed by atoms with Gasteiger partial charge in [-0.2, -0.15) is 18.4 Å². The Balaban J connectivity index is 2.31. The van der Waals surface area contributed by atoms with Gasteiger partial charge in [0.15, 0.2) is 0 Å². The van der Waals surface area contributed by atoms with Crippen molar-refractivity contribution in [3.63, 3.8) is 0 Å². The lowest BCUT2D eigenvalue weighted by molar-refractivity contribution is -0.145. The summed E-state index contributed by atoms with van der Waals surface area (Å²) >= 11 is 0. The zero-order chi connectivity index (χ0) is 13.2. The third kappa shape index (κ3) is 2.30. The molecule has 1 aliphatic rings. The third-order valence-corrected chi connectivity index (χ3v) is 3.38. The summed E-state index contributed by atoms with van der Waals surface area (Å²) in [6.45, 7) is 0.